The Labute approximate surface area is 138 Å². The fourth-order valence-corrected chi connectivity index (χ4v) is 4.36. The molecule has 1 aliphatic heterocycles. The van der Waals surface area contributed by atoms with Crippen LogP contribution >= 0.6 is 0 Å². The minimum absolute atomic E-state index is 0.0766. The van der Waals surface area contributed by atoms with Crippen molar-refractivity contribution in [3.63, 3.8) is 0 Å². The lowest BCUT2D eigenvalue weighted by molar-refractivity contribution is -0.0834. The van der Waals surface area contributed by atoms with Gasteiger partial charge in [-0.1, -0.05) is 5.16 Å². The Morgan fingerprint density at radius 3 is 2.71 bits per heavy atom. The van der Waals surface area contributed by atoms with Gasteiger partial charge in [0.05, 0.1) is 38.1 Å². The summed E-state index contributed by atoms with van der Waals surface area (Å²) in [5.41, 5.74) is 1.75. The molecule has 7 nitrogen and oxygen atoms in total. The van der Waals surface area contributed by atoms with Crippen LogP contribution in [0.4, 0.5) is 0 Å². The van der Waals surface area contributed by atoms with E-state index in [0.29, 0.717) is 17.0 Å². The second-order valence-corrected chi connectivity index (χ2v) is 6.52. The second kappa shape index (κ2) is 5.46. The number of carbonyl (C=O) groups excluding carboxylic acids is 1. The minimum Gasteiger partial charge on any atom is -0.496 e. The molecule has 6 unspecified atom stereocenters. The zero-order chi connectivity index (χ0) is 17.0. The van der Waals surface area contributed by atoms with Gasteiger partial charge >= 0.3 is 5.97 Å². The van der Waals surface area contributed by atoms with Crippen LogP contribution in [0.1, 0.15) is 22.3 Å². The molecule has 0 aromatic heterocycles. The van der Waals surface area contributed by atoms with Gasteiger partial charge in [-0.15, -0.1) is 0 Å². The van der Waals surface area contributed by atoms with Crippen LogP contribution in [0.15, 0.2) is 23.4 Å². The highest BCUT2D eigenvalue weighted by Crippen LogP contribution is 2.53. The number of methoxy groups -OCH3 is 2. The molecule has 4 rings (SSSR count). The standard InChI is InChI=1S/C17H19NO6/c1-22-11-4-3-7(5-8(11)17(21)23-2)13-12-9-6-10(15(20)14(9)19)16(12)24-18-13/h3-5,9-10,12,14-16,19-20H,6H2,1-2H3. The Morgan fingerprint density at radius 2 is 2.00 bits per heavy atom. The van der Waals surface area contributed by atoms with E-state index < -0.39 is 18.2 Å². The molecule has 0 spiro atoms. The smallest absolute Gasteiger partial charge is 0.341 e. The number of nitrogens with zero attached hydrogens (tertiary/aromatic N) is 1. The number of hydrogen-bond donors (Lipinski definition) is 2. The lowest BCUT2D eigenvalue weighted by Crippen LogP contribution is -2.45. The molecule has 0 saturated heterocycles. The van der Waals surface area contributed by atoms with Crippen LogP contribution in [0.3, 0.4) is 0 Å². The Hall–Kier alpha value is -2.12. The first kappa shape index (κ1) is 15.4. The van der Waals surface area contributed by atoms with Crippen LogP contribution in [0.2, 0.25) is 0 Å². The van der Waals surface area contributed by atoms with Crippen LogP contribution < -0.4 is 4.74 Å². The average Bonchev–Trinajstić information content (AvgIpc) is 3.26. The van der Waals surface area contributed by atoms with E-state index in [-0.39, 0.29) is 23.9 Å². The van der Waals surface area contributed by atoms with Crippen LogP contribution in [-0.4, -0.2) is 54.4 Å². The van der Waals surface area contributed by atoms with Crippen molar-refractivity contribution in [1.82, 2.24) is 0 Å². The van der Waals surface area contributed by atoms with E-state index in [1.807, 2.05) is 6.07 Å². The first-order valence-corrected chi connectivity index (χ1v) is 7.93. The lowest BCUT2D eigenvalue weighted by Gasteiger charge is -2.31. The van der Waals surface area contributed by atoms with Gasteiger partial charge in [0.25, 0.3) is 0 Å². The molecule has 2 bridgehead atoms. The predicted molar refractivity (Wildman–Crippen MR) is 82.8 cm³/mol. The van der Waals surface area contributed by atoms with E-state index in [2.05, 4.69) is 5.16 Å². The summed E-state index contributed by atoms with van der Waals surface area (Å²) >= 11 is 0. The van der Waals surface area contributed by atoms with Crippen molar-refractivity contribution in [2.45, 2.75) is 24.7 Å². The van der Waals surface area contributed by atoms with Crippen molar-refractivity contribution in [1.29, 1.82) is 0 Å². The van der Waals surface area contributed by atoms with Gasteiger partial charge in [-0.3, -0.25) is 0 Å². The first-order chi connectivity index (χ1) is 11.6. The van der Waals surface area contributed by atoms with Crippen molar-refractivity contribution in [2.24, 2.45) is 22.9 Å². The average molecular weight is 333 g/mol. The van der Waals surface area contributed by atoms with E-state index in [1.54, 1.807) is 12.1 Å². The molecule has 2 fully saturated rings. The van der Waals surface area contributed by atoms with Gasteiger partial charge in [0.15, 0.2) is 0 Å². The van der Waals surface area contributed by atoms with Crippen molar-refractivity contribution in [2.75, 3.05) is 14.2 Å². The summed E-state index contributed by atoms with van der Waals surface area (Å²) in [5.74, 6) is -0.333. The van der Waals surface area contributed by atoms with Crippen LogP contribution in [-0.2, 0) is 9.57 Å². The summed E-state index contributed by atoms with van der Waals surface area (Å²) in [6, 6.07) is 5.17. The summed E-state index contributed by atoms with van der Waals surface area (Å²) < 4.78 is 10.0. The number of aliphatic hydroxyl groups excluding tert-OH is 2. The van der Waals surface area contributed by atoms with Crippen molar-refractivity contribution in [3.05, 3.63) is 29.3 Å². The van der Waals surface area contributed by atoms with E-state index in [9.17, 15) is 15.0 Å². The molecule has 1 heterocycles. The zero-order valence-electron chi connectivity index (χ0n) is 13.4. The Balaban J connectivity index is 1.69. The zero-order valence-corrected chi connectivity index (χ0v) is 13.4. The molecular weight excluding hydrogens is 314 g/mol. The number of aliphatic hydroxyl groups is 2. The molecule has 128 valence electrons. The van der Waals surface area contributed by atoms with Gasteiger partial charge in [0.2, 0.25) is 0 Å². The number of hydrogen-bond acceptors (Lipinski definition) is 7. The number of carbonyl (C=O) groups is 1. The Bertz CT molecular complexity index is 717. The summed E-state index contributed by atoms with van der Waals surface area (Å²) in [7, 11) is 2.80. The van der Waals surface area contributed by atoms with Gasteiger partial charge < -0.3 is 24.5 Å². The molecular formula is C17H19NO6. The number of oxime groups is 1. The number of rotatable bonds is 3. The van der Waals surface area contributed by atoms with E-state index in [4.69, 9.17) is 14.3 Å². The molecule has 24 heavy (non-hydrogen) atoms. The Morgan fingerprint density at radius 1 is 1.25 bits per heavy atom. The van der Waals surface area contributed by atoms with Crippen LogP contribution in [0, 0.1) is 17.8 Å². The highest BCUT2D eigenvalue weighted by atomic mass is 16.6. The molecule has 0 radical (unpaired) electrons. The van der Waals surface area contributed by atoms with Gasteiger partial charge in [0, 0.05) is 17.4 Å². The molecule has 7 heteroatoms. The molecule has 0 amide bonds. The number of fused-ring (bicyclic) bond motifs is 5. The van der Waals surface area contributed by atoms with E-state index in [1.165, 1.54) is 14.2 Å². The molecule has 1 aromatic rings. The molecule has 2 N–H and O–H groups in total. The third-order valence-corrected chi connectivity index (χ3v) is 5.50. The van der Waals surface area contributed by atoms with Crippen molar-refractivity contribution in [3.8, 4) is 5.75 Å². The van der Waals surface area contributed by atoms with E-state index in [0.717, 1.165) is 12.0 Å². The highest BCUT2D eigenvalue weighted by Gasteiger charge is 2.62. The summed E-state index contributed by atoms with van der Waals surface area (Å²) in [5, 5.41) is 24.4. The summed E-state index contributed by atoms with van der Waals surface area (Å²) in [4.78, 5) is 17.5. The maximum atomic E-state index is 12.0. The number of benzene rings is 1. The van der Waals surface area contributed by atoms with Crippen molar-refractivity contribution < 1.29 is 29.3 Å². The number of esters is 1. The normalized spacial score (nSPS) is 36.1. The molecule has 2 saturated carbocycles. The third kappa shape index (κ3) is 1.98. The fraction of sp³-hybridized carbons (Fsp3) is 0.529. The summed E-state index contributed by atoms with van der Waals surface area (Å²) in [6.45, 7) is 0. The highest BCUT2D eigenvalue weighted by molar-refractivity contribution is 6.05. The second-order valence-electron chi connectivity index (χ2n) is 6.52. The monoisotopic (exact) mass is 333 g/mol. The molecule has 6 atom stereocenters. The predicted octanol–water partition coefficient (Wildman–Crippen LogP) is 0.572. The lowest BCUT2D eigenvalue weighted by atomic mass is 9.78. The van der Waals surface area contributed by atoms with Gasteiger partial charge in [-0.2, -0.15) is 0 Å². The van der Waals surface area contributed by atoms with Gasteiger partial charge in [-0.05, 0) is 24.6 Å². The molecule has 3 aliphatic rings. The fourth-order valence-electron chi connectivity index (χ4n) is 4.36. The third-order valence-electron chi connectivity index (χ3n) is 5.50. The molecule has 1 aromatic carbocycles. The first-order valence-electron chi connectivity index (χ1n) is 7.93. The molecule has 2 aliphatic carbocycles. The maximum Gasteiger partial charge on any atom is 0.341 e. The van der Waals surface area contributed by atoms with E-state index >= 15 is 0 Å². The maximum absolute atomic E-state index is 12.0. The van der Waals surface area contributed by atoms with Gasteiger partial charge in [0.1, 0.15) is 17.4 Å². The largest absolute Gasteiger partial charge is 0.496 e. The quantitative estimate of drug-likeness (QED) is 0.785. The minimum atomic E-state index is -0.763. The van der Waals surface area contributed by atoms with Gasteiger partial charge in [-0.25, -0.2) is 4.79 Å². The van der Waals surface area contributed by atoms with Crippen LogP contribution in [0.5, 0.6) is 5.75 Å². The number of ether oxygens (including phenoxy) is 2. The Kier molecular flexibility index (Phi) is 3.51. The summed E-state index contributed by atoms with van der Waals surface area (Å²) in [6.07, 6.45) is -1.02. The van der Waals surface area contributed by atoms with Crippen molar-refractivity contribution >= 4 is 11.7 Å². The SMILES string of the molecule is COC(=O)c1cc(C2=NOC3C4CC(C(O)C4O)C23)ccc1OC. The topological polar surface area (TPSA) is 97.6 Å². The van der Waals surface area contributed by atoms with Crippen LogP contribution in [0.25, 0.3) is 0 Å².